The van der Waals surface area contributed by atoms with Crippen LogP contribution in [-0.4, -0.2) is 5.97 Å². The van der Waals surface area contributed by atoms with Gasteiger partial charge < -0.3 is 4.74 Å². The molecular formula is C9H12O2. The van der Waals surface area contributed by atoms with Gasteiger partial charge in [-0.15, -0.1) is 0 Å². The minimum absolute atomic E-state index is 0.0445. The number of hydrogen-bond donors (Lipinski definition) is 0. The third-order valence-corrected chi connectivity index (χ3v) is 2.56. The summed E-state index contributed by atoms with van der Waals surface area (Å²) >= 11 is 0. The lowest BCUT2D eigenvalue weighted by Crippen LogP contribution is -2.06. The van der Waals surface area contributed by atoms with Gasteiger partial charge in [0.15, 0.2) is 0 Å². The first-order valence-electron chi connectivity index (χ1n) is 4.22. The number of carbonyl (C=O) groups excluding carboxylic acids is 1. The van der Waals surface area contributed by atoms with Crippen molar-refractivity contribution in [1.29, 1.82) is 0 Å². The van der Waals surface area contributed by atoms with Crippen LogP contribution in [0.1, 0.15) is 32.6 Å². The SMILES string of the molecule is CC1C(=O)OC2=C1CCCC2. The molecule has 2 nitrogen and oxygen atoms in total. The number of hydrogen-bond acceptors (Lipinski definition) is 2. The standard InChI is InChI=1S/C9H12O2/c1-6-7-4-2-3-5-8(7)11-9(6)10/h6H,2-5H2,1H3. The average molecular weight is 152 g/mol. The number of esters is 1. The molecular weight excluding hydrogens is 140 g/mol. The number of rotatable bonds is 0. The molecule has 60 valence electrons. The highest BCUT2D eigenvalue weighted by Crippen LogP contribution is 2.36. The van der Waals surface area contributed by atoms with E-state index in [0.717, 1.165) is 18.6 Å². The maximum atomic E-state index is 11.1. The second-order valence-corrected chi connectivity index (χ2v) is 3.30. The molecule has 2 aliphatic rings. The molecule has 0 saturated carbocycles. The Morgan fingerprint density at radius 1 is 1.36 bits per heavy atom. The van der Waals surface area contributed by atoms with Crippen LogP contribution in [-0.2, 0) is 9.53 Å². The largest absolute Gasteiger partial charge is 0.431 e. The molecule has 1 aliphatic heterocycles. The number of carbonyl (C=O) groups is 1. The molecule has 0 amide bonds. The van der Waals surface area contributed by atoms with Crippen LogP contribution < -0.4 is 0 Å². The summed E-state index contributed by atoms with van der Waals surface area (Å²) in [5, 5.41) is 0. The normalized spacial score (nSPS) is 30.3. The first kappa shape index (κ1) is 6.89. The van der Waals surface area contributed by atoms with E-state index in [9.17, 15) is 4.79 Å². The molecule has 1 atom stereocenters. The first-order valence-corrected chi connectivity index (χ1v) is 4.22. The molecule has 0 aromatic carbocycles. The van der Waals surface area contributed by atoms with Crippen LogP contribution in [0, 0.1) is 5.92 Å². The Morgan fingerprint density at radius 2 is 2.09 bits per heavy atom. The van der Waals surface area contributed by atoms with Gasteiger partial charge in [-0.05, 0) is 31.8 Å². The zero-order chi connectivity index (χ0) is 7.84. The summed E-state index contributed by atoms with van der Waals surface area (Å²) in [6, 6.07) is 0. The molecule has 11 heavy (non-hydrogen) atoms. The predicted molar refractivity (Wildman–Crippen MR) is 40.8 cm³/mol. The van der Waals surface area contributed by atoms with Crippen molar-refractivity contribution >= 4 is 5.97 Å². The number of allylic oxidation sites excluding steroid dienone is 1. The fourth-order valence-electron chi connectivity index (χ4n) is 1.83. The van der Waals surface area contributed by atoms with Crippen molar-refractivity contribution in [1.82, 2.24) is 0 Å². The smallest absolute Gasteiger partial charge is 0.317 e. The van der Waals surface area contributed by atoms with Crippen molar-refractivity contribution in [3.63, 3.8) is 0 Å². The number of ether oxygens (including phenoxy) is 1. The van der Waals surface area contributed by atoms with Gasteiger partial charge in [-0.25, -0.2) is 0 Å². The zero-order valence-electron chi connectivity index (χ0n) is 6.72. The molecule has 0 radical (unpaired) electrons. The molecule has 0 bridgehead atoms. The van der Waals surface area contributed by atoms with Gasteiger partial charge in [0.2, 0.25) is 0 Å². The molecule has 2 heteroatoms. The fourth-order valence-corrected chi connectivity index (χ4v) is 1.83. The van der Waals surface area contributed by atoms with Gasteiger partial charge in [-0.1, -0.05) is 0 Å². The van der Waals surface area contributed by atoms with Gasteiger partial charge in [-0.3, -0.25) is 4.79 Å². The third-order valence-electron chi connectivity index (χ3n) is 2.56. The van der Waals surface area contributed by atoms with E-state index in [2.05, 4.69) is 0 Å². The molecule has 0 fully saturated rings. The van der Waals surface area contributed by atoms with Crippen molar-refractivity contribution in [2.24, 2.45) is 5.92 Å². The van der Waals surface area contributed by atoms with Gasteiger partial charge in [-0.2, -0.15) is 0 Å². The summed E-state index contributed by atoms with van der Waals surface area (Å²) in [4.78, 5) is 11.1. The Bertz CT molecular complexity index is 228. The van der Waals surface area contributed by atoms with E-state index < -0.39 is 0 Å². The highest BCUT2D eigenvalue weighted by atomic mass is 16.5. The van der Waals surface area contributed by atoms with Crippen LogP contribution in [0.25, 0.3) is 0 Å². The van der Waals surface area contributed by atoms with Gasteiger partial charge >= 0.3 is 5.97 Å². The van der Waals surface area contributed by atoms with Crippen LogP contribution in [0.15, 0.2) is 11.3 Å². The fraction of sp³-hybridized carbons (Fsp3) is 0.667. The summed E-state index contributed by atoms with van der Waals surface area (Å²) in [6.45, 7) is 1.94. The molecule has 0 spiro atoms. The lowest BCUT2D eigenvalue weighted by atomic mass is 9.91. The van der Waals surface area contributed by atoms with E-state index >= 15 is 0 Å². The lowest BCUT2D eigenvalue weighted by molar-refractivity contribution is -0.139. The van der Waals surface area contributed by atoms with E-state index in [1.54, 1.807) is 0 Å². The van der Waals surface area contributed by atoms with E-state index in [1.165, 1.54) is 18.4 Å². The molecule has 1 unspecified atom stereocenters. The van der Waals surface area contributed by atoms with Gasteiger partial charge in [0.25, 0.3) is 0 Å². The van der Waals surface area contributed by atoms with Crippen molar-refractivity contribution in [3.8, 4) is 0 Å². The van der Waals surface area contributed by atoms with Crippen LogP contribution in [0.2, 0.25) is 0 Å². The summed E-state index contributed by atoms with van der Waals surface area (Å²) in [5.74, 6) is 0.982. The maximum Gasteiger partial charge on any atom is 0.317 e. The van der Waals surface area contributed by atoms with E-state index in [-0.39, 0.29) is 11.9 Å². The maximum absolute atomic E-state index is 11.1. The highest BCUT2D eigenvalue weighted by molar-refractivity contribution is 5.79. The Balaban J connectivity index is 2.27. The summed E-state index contributed by atoms with van der Waals surface area (Å²) in [5.41, 5.74) is 1.27. The predicted octanol–water partition coefficient (Wildman–Crippen LogP) is 2.01. The van der Waals surface area contributed by atoms with Crippen LogP contribution in [0.4, 0.5) is 0 Å². The van der Waals surface area contributed by atoms with Gasteiger partial charge in [0.1, 0.15) is 5.76 Å². The minimum Gasteiger partial charge on any atom is -0.431 e. The summed E-state index contributed by atoms with van der Waals surface area (Å²) in [6.07, 6.45) is 4.45. The Kier molecular flexibility index (Phi) is 1.48. The van der Waals surface area contributed by atoms with Crippen LogP contribution >= 0.6 is 0 Å². The average Bonchev–Trinajstić information content (AvgIpc) is 2.30. The molecule has 0 aromatic heterocycles. The molecule has 1 aliphatic carbocycles. The third kappa shape index (κ3) is 0.971. The minimum atomic E-state index is -0.0445. The van der Waals surface area contributed by atoms with Crippen molar-refractivity contribution in [3.05, 3.63) is 11.3 Å². The molecule has 1 heterocycles. The molecule has 0 aromatic rings. The quantitative estimate of drug-likeness (QED) is 0.496. The first-order chi connectivity index (χ1) is 5.29. The summed E-state index contributed by atoms with van der Waals surface area (Å²) < 4.78 is 5.12. The Hall–Kier alpha value is -0.790. The monoisotopic (exact) mass is 152 g/mol. The topological polar surface area (TPSA) is 26.3 Å². The second-order valence-electron chi connectivity index (χ2n) is 3.30. The van der Waals surface area contributed by atoms with Crippen molar-refractivity contribution < 1.29 is 9.53 Å². The van der Waals surface area contributed by atoms with E-state index in [0.29, 0.717) is 0 Å². The van der Waals surface area contributed by atoms with Gasteiger partial charge in [0.05, 0.1) is 5.92 Å². The van der Waals surface area contributed by atoms with E-state index in [1.807, 2.05) is 6.92 Å². The highest BCUT2D eigenvalue weighted by Gasteiger charge is 2.32. The lowest BCUT2D eigenvalue weighted by Gasteiger charge is -2.11. The Morgan fingerprint density at radius 3 is 2.82 bits per heavy atom. The molecule has 0 saturated heterocycles. The van der Waals surface area contributed by atoms with Crippen LogP contribution in [0.5, 0.6) is 0 Å². The van der Waals surface area contributed by atoms with Gasteiger partial charge in [0, 0.05) is 6.42 Å². The van der Waals surface area contributed by atoms with Crippen molar-refractivity contribution in [2.75, 3.05) is 0 Å². The zero-order valence-corrected chi connectivity index (χ0v) is 6.72. The van der Waals surface area contributed by atoms with Crippen molar-refractivity contribution in [2.45, 2.75) is 32.6 Å². The van der Waals surface area contributed by atoms with Crippen LogP contribution in [0.3, 0.4) is 0 Å². The summed E-state index contributed by atoms with van der Waals surface area (Å²) in [7, 11) is 0. The second kappa shape index (κ2) is 2.36. The molecule has 2 rings (SSSR count). The van der Waals surface area contributed by atoms with E-state index in [4.69, 9.17) is 4.74 Å². The Labute approximate surface area is 66.2 Å². The molecule has 0 N–H and O–H groups in total.